The third-order valence-corrected chi connectivity index (χ3v) is 7.65. The number of hydrogen-bond acceptors (Lipinski definition) is 9. The number of amides is 1. The summed E-state index contributed by atoms with van der Waals surface area (Å²) in [5.41, 5.74) is 1.23. The number of aromatic nitrogens is 2. The quantitative estimate of drug-likeness (QED) is 0.256. The van der Waals surface area contributed by atoms with Gasteiger partial charge >= 0.3 is 11.6 Å². The molecule has 0 radical (unpaired) electrons. The molecule has 1 aliphatic carbocycles. The molecule has 3 atom stereocenters. The normalized spacial score (nSPS) is 20.7. The maximum Gasteiger partial charge on any atom is 0.351 e. The summed E-state index contributed by atoms with van der Waals surface area (Å²) in [6, 6.07) is 9.09. The van der Waals surface area contributed by atoms with E-state index in [9.17, 15) is 28.3 Å². The van der Waals surface area contributed by atoms with Crippen molar-refractivity contribution >= 4 is 40.0 Å². The van der Waals surface area contributed by atoms with Crippen LogP contribution in [0.25, 0.3) is 16.8 Å². The van der Waals surface area contributed by atoms with Gasteiger partial charge in [-0.1, -0.05) is 24.3 Å². The molecule has 5 rings (SSSR count). The number of rotatable bonds is 11. The maximum atomic E-state index is 14.4. The number of nitrogens with one attached hydrogen (secondary N) is 2. The van der Waals surface area contributed by atoms with E-state index in [1.165, 1.54) is 0 Å². The Morgan fingerprint density at radius 1 is 1.23 bits per heavy atom. The zero-order valence-corrected chi connectivity index (χ0v) is 24.5. The van der Waals surface area contributed by atoms with Gasteiger partial charge in [-0.3, -0.25) is 14.2 Å². The number of carbonyl (C=O) groups excluding carboxylic acids is 2. The Kier molecular flexibility index (Phi) is 8.67. The molecule has 13 heteroatoms. The van der Waals surface area contributed by atoms with E-state index >= 15 is 0 Å². The van der Waals surface area contributed by atoms with Gasteiger partial charge in [0.2, 0.25) is 12.1 Å². The summed E-state index contributed by atoms with van der Waals surface area (Å²) in [6.45, 7) is 5.43. The molecule has 2 aliphatic rings. The fraction of sp³-hybridized carbons (Fsp3) is 0.419. The van der Waals surface area contributed by atoms with Gasteiger partial charge in [0.1, 0.15) is 11.9 Å². The lowest BCUT2D eigenvalue weighted by Crippen LogP contribution is -2.41. The van der Waals surface area contributed by atoms with Gasteiger partial charge < -0.3 is 30.3 Å². The van der Waals surface area contributed by atoms with Crippen LogP contribution in [0, 0.1) is 0 Å². The Morgan fingerprint density at radius 2 is 2.00 bits per heavy atom. The summed E-state index contributed by atoms with van der Waals surface area (Å²) in [4.78, 5) is 41.8. The molecule has 1 fully saturated rings. The first-order chi connectivity index (χ1) is 20.9. The Bertz CT molecular complexity index is 1690. The smallest absolute Gasteiger partial charge is 0.351 e. The molecule has 1 amide bonds. The van der Waals surface area contributed by atoms with Crippen LogP contribution in [0.1, 0.15) is 54.9 Å². The topological polar surface area (TPSA) is 152 Å². The molecule has 1 aromatic heterocycles. The van der Waals surface area contributed by atoms with E-state index in [-0.39, 0.29) is 24.6 Å². The van der Waals surface area contributed by atoms with Crippen molar-refractivity contribution in [2.45, 2.75) is 63.6 Å². The van der Waals surface area contributed by atoms with Crippen LogP contribution >= 0.6 is 0 Å². The Morgan fingerprint density at radius 3 is 2.68 bits per heavy atom. The van der Waals surface area contributed by atoms with Crippen LogP contribution in [0.2, 0.25) is 0 Å². The Labute approximate surface area is 251 Å². The number of halogens is 2. The van der Waals surface area contributed by atoms with Gasteiger partial charge in [0.05, 0.1) is 30.8 Å². The van der Waals surface area contributed by atoms with Crippen LogP contribution in [-0.2, 0) is 20.7 Å². The number of benzene rings is 2. The molecule has 1 aliphatic heterocycles. The predicted octanol–water partition coefficient (Wildman–Crippen LogP) is 3.29. The monoisotopic (exact) mass is 612 g/mol. The molecule has 2 aromatic carbocycles. The van der Waals surface area contributed by atoms with Gasteiger partial charge in [-0.25, -0.2) is 4.79 Å². The van der Waals surface area contributed by atoms with Crippen LogP contribution in [0.15, 0.2) is 47.4 Å². The first-order valence-electron chi connectivity index (χ1n) is 14.3. The van der Waals surface area contributed by atoms with Gasteiger partial charge in [0.15, 0.2) is 11.9 Å². The van der Waals surface area contributed by atoms with E-state index < -0.39 is 48.2 Å². The number of aliphatic hydroxyl groups is 2. The largest absolute Gasteiger partial charge is 0.394 e. The number of allylic oxidation sites excluding steroid dienone is 1. The minimum Gasteiger partial charge on any atom is -0.394 e. The maximum absolute atomic E-state index is 14.4. The van der Waals surface area contributed by atoms with Crippen molar-refractivity contribution in [3.8, 4) is 0 Å². The van der Waals surface area contributed by atoms with Gasteiger partial charge in [0.25, 0.3) is 0 Å². The summed E-state index contributed by atoms with van der Waals surface area (Å²) in [7, 11) is 0. The van der Waals surface area contributed by atoms with E-state index in [4.69, 9.17) is 14.6 Å². The molecular weight excluding hydrogens is 578 g/mol. The first kappa shape index (κ1) is 31.4. The predicted molar refractivity (Wildman–Crippen MR) is 159 cm³/mol. The van der Waals surface area contributed by atoms with Crippen molar-refractivity contribution in [1.29, 1.82) is 0 Å². The lowest BCUT2D eigenvalue weighted by molar-refractivity contribution is -0.141. The number of anilines is 2. The lowest BCUT2D eigenvalue weighted by Gasteiger charge is -2.26. The van der Waals surface area contributed by atoms with Crippen LogP contribution in [0.5, 0.6) is 0 Å². The average Bonchev–Trinajstić information content (AvgIpc) is 3.19. The Balaban J connectivity index is 1.23. The van der Waals surface area contributed by atoms with Crippen molar-refractivity contribution in [3.05, 3.63) is 69.8 Å². The molecule has 0 saturated carbocycles. The SMILES string of the molecule is CCNc1c(CCOC(C)(C)CC(=O)Nc2ccn([C@H]3O[C@@H](CO)[C@@H](O)C3(F)F)c(=O)n2)cc2cccc3c2c1C(=O)C=C3. The minimum atomic E-state index is -3.85. The fourth-order valence-electron chi connectivity index (χ4n) is 5.59. The molecule has 4 N–H and O–H groups in total. The van der Waals surface area contributed by atoms with Gasteiger partial charge in [-0.2, -0.15) is 13.8 Å². The molecule has 0 unspecified atom stereocenters. The van der Waals surface area contributed by atoms with Gasteiger partial charge in [-0.15, -0.1) is 0 Å². The number of aliphatic hydroxyl groups excluding tert-OH is 2. The van der Waals surface area contributed by atoms with E-state index in [2.05, 4.69) is 15.6 Å². The zero-order chi connectivity index (χ0) is 31.8. The van der Waals surface area contributed by atoms with Gasteiger partial charge in [-0.05, 0) is 61.9 Å². The van der Waals surface area contributed by atoms with Crippen molar-refractivity contribution in [2.75, 3.05) is 30.4 Å². The van der Waals surface area contributed by atoms with E-state index in [0.717, 1.165) is 39.8 Å². The summed E-state index contributed by atoms with van der Waals surface area (Å²) in [5.74, 6) is -4.60. The molecule has 3 aromatic rings. The number of alkyl halides is 2. The zero-order valence-electron chi connectivity index (χ0n) is 24.5. The second-order valence-corrected chi connectivity index (χ2v) is 11.4. The summed E-state index contributed by atoms with van der Waals surface area (Å²) < 4.78 is 40.4. The van der Waals surface area contributed by atoms with E-state index in [1.807, 2.05) is 37.3 Å². The summed E-state index contributed by atoms with van der Waals surface area (Å²) in [6.07, 6.45) is -1.31. The van der Waals surface area contributed by atoms with Crippen molar-refractivity contribution in [2.24, 2.45) is 0 Å². The molecule has 2 heterocycles. The number of ether oxygens (including phenoxy) is 2. The number of carbonyl (C=O) groups is 2. The van der Waals surface area contributed by atoms with Crippen LogP contribution < -0.4 is 16.3 Å². The highest BCUT2D eigenvalue weighted by Crippen LogP contribution is 2.42. The second-order valence-electron chi connectivity index (χ2n) is 11.4. The molecule has 1 saturated heterocycles. The molecule has 0 bridgehead atoms. The summed E-state index contributed by atoms with van der Waals surface area (Å²) >= 11 is 0. The lowest BCUT2D eigenvalue weighted by atomic mass is 9.88. The molecule has 0 spiro atoms. The first-order valence-corrected chi connectivity index (χ1v) is 14.3. The third-order valence-electron chi connectivity index (χ3n) is 7.65. The van der Waals surface area contributed by atoms with Crippen molar-refractivity contribution < 1.29 is 38.1 Å². The van der Waals surface area contributed by atoms with Crippen molar-refractivity contribution in [3.63, 3.8) is 0 Å². The highest BCUT2D eigenvalue weighted by molar-refractivity contribution is 6.23. The van der Waals surface area contributed by atoms with E-state index in [0.29, 0.717) is 23.1 Å². The molecule has 11 nitrogen and oxygen atoms in total. The Hall–Kier alpha value is -4.04. The second kappa shape index (κ2) is 12.2. The molecule has 234 valence electrons. The van der Waals surface area contributed by atoms with Crippen LogP contribution in [0.3, 0.4) is 0 Å². The molecular formula is C31H34F2N4O7. The minimum absolute atomic E-state index is 0.0675. The van der Waals surface area contributed by atoms with Crippen LogP contribution in [-0.4, -0.2) is 74.9 Å². The fourth-order valence-corrected chi connectivity index (χ4v) is 5.59. The number of ketones is 1. The highest BCUT2D eigenvalue weighted by Gasteiger charge is 2.59. The number of hydrogen-bond donors (Lipinski definition) is 4. The molecule has 44 heavy (non-hydrogen) atoms. The van der Waals surface area contributed by atoms with Crippen molar-refractivity contribution in [1.82, 2.24) is 9.55 Å². The highest BCUT2D eigenvalue weighted by atomic mass is 19.3. The summed E-state index contributed by atoms with van der Waals surface area (Å²) in [5, 5.41) is 26.6. The standard InChI is InChI=1S/C31H34F2N4O7/c1-4-34-26-19(14-18-7-5-6-17-8-9-20(39)25(26)24(17)18)11-13-43-30(2,3)15-23(40)35-22-10-12-37(29(42)36-22)28-31(32,33)27(41)21(16-38)44-28/h5-10,12,14,21,27-28,34,38,41H,4,11,13,15-16H2,1-3H3,(H,35,36,40,42)/t21-,27+,28-/m0/s1. The third kappa shape index (κ3) is 6.00. The van der Waals surface area contributed by atoms with E-state index in [1.54, 1.807) is 19.9 Å². The van der Waals surface area contributed by atoms with Crippen LogP contribution in [0.4, 0.5) is 20.3 Å². The average molecular weight is 613 g/mol. The van der Waals surface area contributed by atoms with Gasteiger partial charge in [0, 0.05) is 23.8 Å². The number of nitrogens with zero attached hydrogens (tertiary/aromatic N) is 2.